The van der Waals surface area contributed by atoms with Gasteiger partial charge in [-0.15, -0.1) is 0 Å². The first kappa shape index (κ1) is 17.1. The Bertz CT molecular complexity index is 764. The zero-order valence-electron chi connectivity index (χ0n) is 15.6. The second-order valence-corrected chi connectivity index (χ2v) is 7.98. The molecule has 4 heteroatoms. The van der Waals surface area contributed by atoms with Gasteiger partial charge in [-0.25, -0.2) is 0 Å². The third kappa shape index (κ3) is 2.88. The predicted molar refractivity (Wildman–Crippen MR) is 105 cm³/mol. The van der Waals surface area contributed by atoms with Gasteiger partial charge in [0.25, 0.3) is 0 Å². The number of amides is 1. The minimum Gasteiger partial charge on any atom is -0.334 e. The Morgan fingerprint density at radius 1 is 0.923 bits per heavy atom. The van der Waals surface area contributed by atoms with Crippen molar-refractivity contribution in [3.05, 3.63) is 66.2 Å². The van der Waals surface area contributed by atoms with Crippen LogP contribution in [0.3, 0.4) is 0 Å². The quantitative estimate of drug-likeness (QED) is 0.923. The van der Waals surface area contributed by atoms with Crippen molar-refractivity contribution in [1.82, 2.24) is 10.2 Å². The lowest BCUT2D eigenvalue weighted by Crippen LogP contribution is -2.59. The van der Waals surface area contributed by atoms with Gasteiger partial charge in [-0.1, -0.05) is 48.5 Å². The molecule has 2 heterocycles. The number of carbonyl (C=O) groups is 1. The summed E-state index contributed by atoms with van der Waals surface area (Å²) in [7, 11) is 0. The van der Waals surface area contributed by atoms with Gasteiger partial charge in [0.05, 0.1) is 0 Å². The second kappa shape index (κ2) is 6.44. The summed E-state index contributed by atoms with van der Waals surface area (Å²) in [6.07, 6.45) is 1.70. The Labute approximate surface area is 155 Å². The minimum atomic E-state index is -0.446. The highest BCUT2D eigenvalue weighted by atomic mass is 16.2. The van der Waals surface area contributed by atoms with Crippen LogP contribution in [0.4, 0.5) is 5.69 Å². The largest absolute Gasteiger partial charge is 0.334 e. The summed E-state index contributed by atoms with van der Waals surface area (Å²) >= 11 is 0. The Morgan fingerprint density at radius 3 is 2.12 bits per heavy atom. The molecule has 0 radical (unpaired) electrons. The first-order valence-electron chi connectivity index (χ1n) is 9.46. The molecule has 26 heavy (non-hydrogen) atoms. The van der Waals surface area contributed by atoms with Crippen molar-refractivity contribution in [2.24, 2.45) is 0 Å². The number of nitrogens with one attached hydrogen (secondary N) is 1. The topological polar surface area (TPSA) is 35.6 Å². The average Bonchev–Trinajstić information content (AvgIpc) is 2.83. The summed E-state index contributed by atoms with van der Waals surface area (Å²) in [5.74, 6) is 0.172. The van der Waals surface area contributed by atoms with E-state index in [2.05, 4.69) is 71.4 Å². The van der Waals surface area contributed by atoms with E-state index in [1.54, 1.807) is 0 Å². The monoisotopic (exact) mass is 349 g/mol. The molecular weight excluding hydrogens is 322 g/mol. The van der Waals surface area contributed by atoms with Crippen LogP contribution in [0.5, 0.6) is 0 Å². The molecule has 0 atom stereocenters. The van der Waals surface area contributed by atoms with E-state index in [-0.39, 0.29) is 11.6 Å². The fraction of sp³-hybridized carbons (Fsp3) is 0.409. The van der Waals surface area contributed by atoms with Crippen LogP contribution < -0.4 is 10.2 Å². The lowest BCUT2D eigenvalue weighted by atomic mass is 9.84. The molecule has 2 aromatic rings. The third-order valence-corrected chi connectivity index (χ3v) is 5.78. The molecule has 1 N–H and O–H groups in total. The van der Waals surface area contributed by atoms with Crippen LogP contribution in [0.25, 0.3) is 0 Å². The maximum atomic E-state index is 13.0. The van der Waals surface area contributed by atoms with Gasteiger partial charge in [-0.3, -0.25) is 9.69 Å². The van der Waals surface area contributed by atoms with Crippen molar-refractivity contribution >= 4 is 11.6 Å². The fourth-order valence-electron chi connectivity index (χ4n) is 4.61. The summed E-state index contributed by atoms with van der Waals surface area (Å²) in [4.78, 5) is 17.8. The van der Waals surface area contributed by atoms with Gasteiger partial charge in [0, 0.05) is 25.3 Å². The molecule has 1 amide bonds. The normalized spacial score (nSPS) is 21.8. The molecule has 136 valence electrons. The lowest BCUT2D eigenvalue weighted by molar-refractivity contribution is -0.125. The van der Waals surface area contributed by atoms with Crippen molar-refractivity contribution in [3.8, 4) is 0 Å². The van der Waals surface area contributed by atoms with Gasteiger partial charge in [-0.2, -0.15) is 0 Å². The molecule has 0 aromatic heterocycles. The number of carbonyl (C=O) groups excluding carboxylic acids is 1. The predicted octanol–water partition coefficient (Wildman–Crippen LogP) is 3.39. The number of piperidine rings is 1. The highest BCUT2D eigenvalue weighted by molar-refractivity contribution is 5.95. The van der Waals surface area contributed by atoms with Crippen LogP contribution in [-0.2, 0) is 11.3 Å². The van der Waals surface area contributed by atoms with E-state index in [0.29, 0.717) is 0 Å². The standard InChI is InChI=1S/C22H27N3O/c1-21(2)23-20(26)22(25(21)19-11-7-4-8-12-19)13-15-24(16-14-22)17-18-9-5-3-6-10-18/h3-12H,13-17H2,1-2H3,(H,23,26). The molecule has 2 aromatic carbocycles. The minimum absolute atomic E-state index is 0.172. The molecule has 1 spiro atoms. The van der Waals surface area contributed by atoms with Crippen LogP contribution in [0.1, 0.15) is 32.3 Å². The van der Waals surface area contributed by atoms with Gasteiger partial charge in [0.2, 0.25) is 5.91 Å². The summed E-state index contributed by atoms with van der Waals surface area (Å²) in [5.41, 5.74) is 1.63. The molecule has 2 fully saturated rings. The van der Waals surface area contributed by atoms with Crippen molar-refractivity contribution in [2.75, 3.05) is 18.0 Å². The van der Waals surface area contributed by atoms with Gasteiger partial charge in [0.1, 0.15) is 11.2 Å². The van der Waals surface area contributed by atoms with E-state index in [9.17, 15) is 4.79 Å². The number of hydrogen-bond acceptors (Lipinski definition) is 3. The Morgan fingerprint density at radius 2 is 1.50 bits per heavy atom. The molecule has 0 aliphatic carbocycles. The Balaban J connectivity index is 1.56. The van der Waals surface area contributed by atoms with Crippen LogP contribution in [0.15, 0.2) is 60.7 Å². The maximum Gasteiger partial charge on any atom is 0.247 e. The summed E-state index contributed by atoms with van der Waals surface area (Å²) in [6.45, 7) is 7.02. The zero-order chi connectivity index (χ0) is 18.2. The zero-order valence-corrected chi connectivity index (χ0v) is 15.6. The molecule has 0 saturated carbocycles. The van der Waals surface area contributed by atoms with E-state index in [1.807, 2.05) is 18.2 Å². The fourth-order valence-corrected chi connectivity index (χ4v) is 4.61. The van der Waals surface area contributed by atoms with E-state index in [1.165, 1.54) is 5.56 Å². The highest BCUT2D eigenvalue weighted by Gasteiger charge is 2.57. The maximum absolute atomic E-state index is 13.0. The van der Waals surface area contributed by atoms with E-state index in [0.717, 1.165) is 38.2 Å². The molecule has 0 bridgehead atoms. The average molecular weight is 349 g/mol. The number of rotatable bonds is 3. The highest BCUT2D eigenvalue weighted by Crippen LogP contribution is 2.42. The van der Waals surface area contributed by atoms with Gasteiger partial charge in [-0.05, 0) is 44.4 Å². The van der Waals surface area contributed by atoms with Crippen LogP contribution in [-0.4, -0.2) is 35.1 Å². The molecule has 2 saturated heterocycles. The molecule has 2 aliphatic heterocycles. The Kier molecular flexibility index (Phi) is 4.23. The molecule has 4 nitrogen and oxygen atoms in total. The molecule has 4 rings (SSSR count). The number of benzene rings is 2. The number of hydrogen-bond donors (Lipinski definition) is 1. The summed E-state index contributed by atoms with van der Waals surface area (Å²) in [6, 6.07) is 20.9. The number of nitrogens with zero attached hydrogens (tertiary/aromatic N) is 2. The van der Waals surface area contributed by atoms with Crippen molar-refractivity contribution < 1.29 is 4.79 Å². The lowest BCUT2D eigenvalue weighted by Gasteiger charge is -2.47. The number of anilines is 1. The number of para-hydroxylation sites is 1. The summed E-state index contributed by atoms with van der Waals surface area (Å²) < 4.78 is 0. The smallest absolute Gasteiger partial charge is 0.247 e. The first-order chi connectivity index (χ1) is 12.5. The van der Waals surface area contributed by atoms with Crippen molar-refractivity contribution in [3.63, 3.8) is 0 Å². The van der Waals surface area contributed by atoms with Crippen LogP contribution in [0.2, 0.25) is 0 Å². The van der Waals surface area contributed by atoms with Crippen LogP contribution >= 0.6 is 0 Å². The van der Waals surface area contributed by atoms with E-state index < -0.39 is 5.54 Å². The number of likely N-dealkylation sites (tertiary alicyclic amines) is 1. The van der Waals surface area contributed by atoms with Gasteiger partial charge < -0.3 is 10.2 Å². The molecular formula is C22H27N3O. The summed E-state index contributed by atoms with van der Waals surface area (Å²) in [5, 5.41) is 3.24. The SMILES string of the molecule is CC1(C)NC(=O)C2(CCN(Cc3ccccc3)CC2)N1c1ccccc1. The first-order valence-corrected chi connectivity index (χ1v) is 9.46. The van der Waals surface area contributed by atoms with Crippen LogP contribution in [0, 0.1) is 0 Å². The van der Waals surface area contributed by atoms with Crippen molar-refractivity contribution in [2.45, 2.75) is 44.4 Å². The third-order valence-electron chi connectivity index (χ3n) is 5.78. The van der Waals surface area contributed by atoms with Crippen molar-refractivity contribution in [1.29, 1.82) is 0 Å². The second-order valence-electron chi connectivity index (χ2n) is 7.98. The van der Waals surface area contributed by atoms with E-state index >= 15 is 0 Å². The Hall–Kier alpha value is -2.33. The molecule has 0 unspecified atom stereocenters. The van der Waals surface area contributed by atoms with E-state index in [4.69, 9.17) is 0 Å². The van der Waals surface area contributed by atoms with Gasteiger partial charge in [0.15, 0.2) is 0 Å². The molecule has 2 aliphatic rings. The van der Waals surface area contributed by atoms with Gasteiger partial charge >= 0.3 is 0 Å².